The number of H-pyrrole nitrogens is 1. The number of nitrogens with zero attached hydrogens (tertiary/aromatic N) is 1. The van der Waals surface area contributed by atoms with Gasteiger partial charge in [-0.05, 0) is 20.3 Å². The van der Waals surface area contributed by atoms with E-state index in [1.165, 1.54) is 0 Å². The topological polar surface area (TPSA) is 60.9 Å². The number of nitrogens with one attached hydrogen (secondary N) is 2. The van der Waals surface area contributed by atoms with E-state index in [4.69, 9.17) is 0 Å². The fourth-order valence-corrected chi connectivity index (χ4v) is 1.16. The molecule has 1 unspecified atom stereocenters. The van der Waals surface area contributed by atoms with Crippen LogP contribution in [-0.2, 0) is 6.54 Å². The summed E-state index contributed by atoms with van der Waals surface area (Å²) in [5.41, 5.74) is 2.04. The maximum absolute atomic E-state index is 9.20. The third-order valence-corrected chi connectivity index (χ3v) is 2.77. The van der Waals surface area contributed by atoms with Crippen molar-refractivity contribution in [2.45, 2.75) is 39.3 Å². The molecule has 0 saturated heterocycles. The summed E-state index contributed by atoms with van der Waals surface area (Å²) >= 11 is 0. The lowest BCUT2D eigenvalue weighted by molar-refractivity contribution is 0.169. The summed E-state index contributed by atoms with van der Waals surface area (Å²) in [5.74, 6) is 0. The molecule has 0 radical (unpaired) electrons. The molecule has 0 amide bonds. The SMILES string of the molecule is CCC(C)(CO)NCc1cn[nH]c1C. The van der Waals surface area contributed by atoms with Crippen molar-refractivity contribution >= 4 is 0 Å². The number of aromatic nitrogens is 2. The second kappa shape index (κ2) is 4.57. The van der Waals surface area contributed by atoms with E-state index < -0.39 is 0 Å². The molecule has 80 valence electrons. The molecule has 14 heavy (non-hydrogen) atoms. The van der Waals surface area contributed by atoms with Crippen LogP contribution >= 0.6 is 0 Å². The molecule has 0 aliphatic heterocycles. The second-order valence-corrected chi connectivity index (χ2v) is 3.95. The number of rotatable bonds is 5. The van der Waals surface area contributed by atoms with Crippen molar-refractivity contribution in [3.8, 4) is 0 Å². The molecule has 0 bridgehead atoms. The van der Waals surface area contributed by atoms with E-state index >= 15 is 0 Å². The van der Waals surface area contributed by atoms with E-state index in [1.807, 2.05) is 20.0 Å². The van der Waals surface area contributed by atoms with E-state index in [2.05, 4.69) is 22.4 Å². The molecule has 0 aliphatic carbocycles. The minimum Gasteiger partial charge on any atom is -0.394 e. The van der Waals surface area contributed by atoms with Gasteiger partial charge in [0, 0.05) is 23.3 Å². The summed E-state index contributed by atoms with van der Waals surface area (Å²) in [7, 11) is 0. The van der Waals surface area contributed by atoms with Crippen LogP contribution in [0.3, 0.4) is 0 Å². The van der Waals surface area contributed by atoms with Gasteiger partial charge in [0.2, 0.25) is 0 Å². The number of hydrogen-bond acceptors (Lipinski definition) is 3. The zero-order valence-electron chi connectivity index (χ0n) is 9.09. The standard InChI is InChI=1S/C10H19N3O/c1-4-10(3,7-14)11-5-9-6-12-13-8(9)2/h6,11,14H,4-5,7H2,1-3H3,(H,12,13). The van der Waals surface area contributed by atoms with Gasteiger partial charge in [-0.1, -0.05) is 6.92 Å². The monoisotopic (exact) mass is 197 g/mol. The van der Waals surface area contributed by atoms with Gasteiger partial charge in [0.25, 0.3) is 0 Å². The molecule has 3 N–H and O–H groups in total. The number of aliphatic hydroxyl groups is 1. The van der Waals surface area contributed by atoms with Crippen molar-refractivity contribution in [2.75, 3.05) is 6.61 Å². The molecule has 1 atom stereocenters. The highest BCUT2D eigenvalue weighted by Crippen LogP contribution is 2.10. The summed E-state index contributed by atoms with van der Waals surface area (Å²) in [4.78, 5) is 0. The molecule has 0 fully saturated rings. The first-order valence-electron chi connectivity index (χ1n) is 4.96. The third-order valence-electron chi connectivity index (χ3n) is 2.77. The molecule has 0 aliphatic rings. The minimum atomic E-state index is -0.191. The summed E-state index contributed by atoms with van der Waals surface area (Å²) in [6, 6.07) is 0. The van der Waals surface area contributed by atoms with E-state index in [0.717, 1.165) is 24.2 Å². The van der Waals surface area contributed by atoms with Gasteiger partial charge in [-0.25, -0.2) is 0 Å². The van der Waals surface area contributed by atoms with Gasteiger partial charge in [0.1, 0.15) is 0 Å². The summed E-state index contributed by atoms with van der Waals surface area (Å²) < 4.78 is 0. The smallest absolute Gasteiger partial charge is 0.0610 e. The Hall–Kier alpha value is -0.870. The fourth-order valence-electron chi connectivity index (χ4n) is 1.16. The normalized spacial score (nSPS) is 15.4. The van der Waals surface area contributed by atoms with Gasteiger partial charge in [0.15, 0.2) is 0 Å². The first-order chi connectivity index (χ1) is 6.61. The lowest BCUT2D eigenvalue weighted by atomic mass is 10.00. The highest BCUT2D eigenvalue weighted by Gasteiger charge is 2.19. The molecule has 1 heterocycles. The minimum absolute atomic E-state index is 0.153. The van der Waals surface area contributed by atoms with Crippen LogP contribution in [0.1, 0.15) is 31.5 Å². The Bertz CT molecular complexity index is 279. The van der Waals surface area contributed by atoms with E-state index in [0.29, 0.717) is 0 Å². The van der Waals surface area contributed by atoms with E-state index in [-0.39, 0.29) is 12.1 Å². The molecular formula is C10H19N3O. The second-order valence-electron chi connectivity index (χ2n) is 3.95. The number of hydrogen-bond donors (Lipinski definition) is 3. The summed E-state index contributed by atoms with van der Waals surface area (Å²) in [5, 5.41) is 19.4. The summed E-state index contributed by atoms with van der Waals surface area (Å²) in [6.07, 6.45) is 2.72. The number of aliphatic hydroxyl groups excluding tert-OH is 1. The Balaban J connectivity index is 2.52. The Labute approximate surface area is 84.7 Å². The van der Waals surface area contributed by atoms with Crippen molar-refractivity contribution in [2.24, 2.45) is 0 Å². The van der Waals surface area contributed by atoms with Crippen LogP contribution in [0, 0.1) is 6.92 Å². The van der Waals surface area contributed by atoms with Gasteiger partial charge in [-0.3, -0.25) is 5.10 Å². The molecular weight excluding hydrogens is 178 g/mol. The van der Waals surface area contributed by atoms with E-state index in [1.54, 1.807) is 0 Å². The van der Waals surface area contributed by atoms with Crippen molar-refractivity contribution in [1.82, 2.24) is 15.5 Å². The fraction of sp³-hybridized carbons (Fsp3) is 0.700. The zero-order chi connectivity index (χ0) is 10.6. The highest BCUT2D eigenvalue weighted by atomic mass is 16.3. The molecule has 4 nitrogen and oxygen atoms in total. The lowest BCUT2D eigenvalue weighted by Gasteiger charge is -2.27. The van der Waals surface area contributed by atoms with Gasteiger partial charge < -0.3 is 10.4 Å². The lowest BCUT2D eigenvalue weighted by Crippen LogP contribution is -2.44. The molecule has 0 aromatic carbocycles. The molecule has 1 aromatic rings. The van der Waals surface area contributed by atoms with Gasteiger partial charge in [-0.2, -0.15) is 5.10 Å². The predicted octanol–water partition coefficient (Wildman–Crippen LogP) is 0.969. The average molecular weight is 197 g/mol. The van der Waals surface area contributed by atoms with E-state index in [9.17, 15) is 5.11 Å². The Morgan fingerprint density at radius 3 is 2.79 bits per heavy atom. The summed E-state index contributed by atoms with van der Waals surface area (Å²) in [6.45, 7) is 6.97. The Morgan fingerprint density at radius 2 is 2.36 bits per heavy atom. The van der Waals surface area contributed by atoms with Crippen molar-refractivity contribution in [3.63, 3.8) is 0 Å². The van der Waals surface area contributed by atoms with Crippen LogP contribution in [0.25, 0.3) is 0 Å². The van der Waals surface area contributed by atoms with Crippen molar-refractivity contribution in [1.29, 1.82) is 0 Å². The Kier molecular flexibility index (Phi) is 3.66. The third kappa shape index (κ3) is 2.56. The maximum atomic E-state index is 9.20. The number of aryl methyl sites for hydroxylation is 1. The van der Waals surface area contributed by atoms with Gasteiger partial charge in [0.05, 0.1) is 12.8 Å². The molecule has 1 rings (SSSR count). The van der Waals surface area contributed by atoms with Gasteiger partial charge >= 0.3 is 0 Å². The largest absolute Gasteiger partial charge is 0.394 e. The molecule has 0 saturated carbocycles. The molecule has 4 heteroatoms. The van der Waals surface area contributed by atoms with Crippen molar-refractivity contribution < 1.29 is 5.11 Å². The van der Waals surface area contributed by atoms with Crippen molar-refractivity contribution in [3.05, 3.63) is 17.5 Å². The van der Waals surface area contributed by atoms with Crippen LogP contribution in [0.2, 0.25) is 0 Å². The first kappa shape index (κ1) is 11.2. The number of aromatic amines is 1. The predicted molar refractivity (Wildman–Crippen MR) is 55.9 cm³/mol. The zero-order valence-corrected chi connectivity index (χ0v) is 9.09. The maximum Gasteiger partial charge on any atom is 0.0610 e. The highest BCUT2D eigenvalue weighted by molar-refractivity contribution is 5.14. The first-order valence-corrected chi connectivity index (χ1v) is 4.96. The van der Waals surface area contributed by atoms with Crippen LogP contribution in [0.4, 0.5) is 0 Å². The average Bonchev–Trinajstić information content (AvgIpc) is 2.61. The van der Waals surface area contributed by atoms with Crippen LogP contribution in [-0.4, -0.2) is 27.4 Å². The molecule has 0 spiro atoms. The molecule has 1 aromatic heterocycles. The van der Waals surface area contributed by atoms with Crippen LogP contribution < -0.4 is 5.32 Å². The Morgan fingerprint density at radius 1 is 1.64 bits per heavy atom. The van der Waals surface area contributed by atoms with Crippen LogP contribution in [0.5, 0.6) is 0 Å². The van der Waals surface area contributed by atoms with Crippen LogP contribution in [0.15, 0.2) is 6.20 Å². The quantitative estimate of drug-likeness (QED) is 0.659. The van der Waals surface area contributed by atoms with Gasteiger partial charge in [-0.15, -0.1) is 0 Å².